The Morgan fingerprint density at radius 3 is 0.888 bits per heavy atom. The molecule has 0 spiro atoms. The molecular weight excluding hydrogens is 1330 g/mol. The van der Waals surface area contributed by atoms with Gasteiger partial charge in [-0.05, 0) is 260 Å². The molecule has 624 valence electrons. The van der Waals surface area contributed by atoms with Gasteiger partial charge in [0.1, 0.15) is 11.5 Å². The SMILES string of the molecule is CC1C(=O)N(C(C)(C)C)C(C)C1C(C)(C)C.CC1C(C)N(C(C)(C)C)C(C)C1C(C)(C)C.CC1C(C)N(C(C)(C)C)C(C)C1C(C)(C)C.Cc1c(C(C)(C)C)c(C)n(C(C)(C)C)c1C.Cc1nn(C(C)(C)C)nc1C(C)(C)C.Cc1oc(C(C)(C)C)c(C)c1C(C)(C)C.Cc1sc(C(C)(C)C)nc1C(C)(C)C. The molecule has 3 fully saturated rings. The monoisotopic (exact) mass is 1510 g/mol. The van der Waals surface area contributed by atoms with Gasteiger partial charge in [-0.1, -0.05) is 208 Å². The number of furan rings is 1. The number of hydrogen-bond acceptors (Lipinski definition) is 8. The van der Waals surface area contributed by atoms with Gasteiger partial charge >= 0.3 is 0 Å². The lowest BCUT2D eigenvalue weighted by Gasteiger charge is -2.41. The molecule has 10 nitrogen and oxygen atoms in total. The molecule has 0 N–H and O–H groups in total. The number of aryl methyl sites for hydroxylation is 3. The first-order valence-corrected chi connectivity index (χ1v) is 42.7. The number of carbonyl (C=O) groups excluding carboxylic acids is 1. The third-order valence-corrected chi connectivity index (χ3v) is 24.6. The highest BCUT2D eigenvalue weighted by Gasteiger charge is 2.53. The van der Waals surface area contributed by atoms with Crippen LogP contribution in [0, 0.1) is 100 Å². The fourth-order valence-corrected chi connectivity index (χ4v) is 21.6. The Bertz CT molecular complexity index is 3250. The van der Waals surface area contributed by atoms with Crippen LogP contribution in [0.3, 0.4) is 0 Å². The van der Waals surface area contributed by atoms with Crippen LogP contribution in [-0.2, 0) is 48.4 Å². The highest BCUT2D eigenvalue weighted by Crippen LogP contribution is 2.50. The molecule has 4 aromatic rings. The van der Waals surface area contributed by atoms with E-state index in [0.717, 1.165) is 46.6 Å². The summed E-state index contributed by atoms with van der Waals surface area (Å²) in [6.45, 7) is 129. The summed E-state index contributed by atoms with van der Waals surface area (Å²) in [7, 11) is 0. The zero-order valence-electron chi connectivity index (χ0n) is 82.2. The second kappa shape index (κ2) is 34.4. The number of rotatable bonds is 0. The topological polar surface area (TPSA) is 88.5 Å². The maximum absolute atomic E-state index is 12.3. The van der Waals surface area contributed by atoms with Crippen LogP contribution < -0.4 is 0 Å². The largest absolute Gasteiger partial charge is 0.465 e. The maximum atomic E-state index is 12.3. The Morgan fingerprint density at radius 2 is 0.720 bits per heavy atom. The van der Waals surface area contributed by atoms with Gasteiger partial charge in [-0.2, -0.15) is 15.0 Å². The lowest BCUT2D eigenvalue weighted by atomic mass is 9.71. The van der Waals surface area contributed by atoms with Gasteiger partial charge in [-0.3, -0.25) is 14.6 Å². The summed E-state index contributed by atoms with van der Waals surface area (Å²) in [5, 5.41) is 10.3. The van der Waals surface area contributed by atoms with Crippen molar-refractivity contribution in [3.05, 3.63) is 72.1 Å². The number of aromatic nitrogens is 5. The van der Waals surface area contributed by atoms with Crippen molar-refractivity contribution in [2.75, 3.05) is 0 Å². The van der Waals surface area contributed by atoms with Crippen LogP contribution in [-0.4, -0.2) is 92.0 Å². The Kier molecular flexibility index (Phi) is 32.7. The second-order valence-corrected chi connectivity index (χ2v) is 49.3. The van der Waals surface area contributed by atoms with Crippen LogP contribution in [0.4, 0.5) is 0 Å². The molecule has 0 bridgehead atoms. The molecule has 0 aromatic carbocycles. The van der Waals surface area contributed by atoms with E-state index in [1.807, 2.05) is 23.1 Å². The van der Waals surface area contributed by atoms with Crippen molar-refractivity contribution in [1.29, 1.82) is 0 Å². The minimum absolute atomic E-state index is 0.0335. The normalized spacial score (nSPS) is 23.6. The molecule has 3 aliphatic rings. The van der Waals surface area contributed by atoms with Gasteiger partial charge in [0.05, 0.1) is 27.6 Å². The average molecular weight is 1510 g/mol. The van der Waals surface area contributed by atoms with Crippen molar-refractivity contribution in [3.8, 4) is 0 Å². The zero-order valence-corrected chi connectivity index (χ0v) is 83.0. The zero-order chi connectivity index (χ0) is 85.9. The molecule has 7 rings (SSSR count). The maximum Gasteiger partial charge on any atom is 0.226 e. The minimum atomic E-state index is -0.0647. The van der Waals surface area contributed by atoms with Crippen LogP contribution in [0.5, 0.6) is 0 Å². The van der Waals surface area contributed by atoms with Crippen LogP contribution in [0.2, 0.25) is 0 Å². The second-order valence-electron chi connectivity index (χ2n) is 48.1. The third-order valence-electron chi connectivity index (χ3n) is 23.2. The Balaban J connectivity index is 0.000000625. The van der Waals surface area contributed by atoms with E-state index in [2.05, 4.69) is 417 Å². The summed E-state index contributed by atoms with van der Waals surface area (Å²) in [6.07, 6.45) is 0. The van der Waals surface area contributed by atoms with Gasteiger partial charge in [0.25, 0.3) is 0 Å². The first-order chi connectivity index (χ1) is 46.7. The van der Waals surface area contributed by atoms with Crippen molar-refractivity contribution in [2.45, 2.75) is 485 Å². The Hall–Kier alpha value is -3.28. The van der Waals surface area contributed by atoms with Crippen molar-refractivity contribution in [3.63, 3.8) is 0 Å². The van der Waals surface area contributed by atoms with E-state index in [-0.39, 0.29) is 71.5 Å². The van der Waals surface area contributed by atoms with Gasteiger partial charge < -0.3 is 13.9 Å². The van der Waals surface area contributed by atoms with Crippen molar-refractivity contribution < 1.29 is 9.21 Å². The molecule has 11 unspecified atom stereocenters. The van der Waals surface area contributed by atoms with E-state index in [4.69, 9.17) is 9.40 Å². The van der Waals surface area contributed by atoms with E-state index in [1.165, 1.54) is 49.2 Å². The Labute approximate surface area is 670 Å². The average Bonchev–Trinajstić information content (AvgIpc) is 1.61. The van der Waals surface area contributed by atoms with Crippen molar-refractivity contribution in [2.24, 2.45) is 51.8 Å². The quantitative estimate of drug-likeness (QED) is 0.173. The smallest absolute Gasteiger partial charge is 0.226 e. The van der Waals surface area contributed by atoms with E-state index in [1.54, 1.807) is 0 Å². The molecule has 11 atom stereocenters. The lowest BCUT2D eigenvalue weighted by Crippen LogP contribution is -2.49. The highest BCUT2D eigenvalue weighted by molar-refractivity contribution is 7.11. The predicted octanol–water partition coefficient (Wildman–Crippen LogP) is 27.3. The number of thiazole rings is 1. The van der Waals surface area contributed by atoms with Crippen LogP contribution in [0.1, 0.15) is 418 Å². The van der Waals surface area contributed by atoms with E-state index in [0.29, 0.717) is 52.9 Å². The van der Waals surface area contributed by atoms with E-state index >= 15 is 0 Å². The third kappa shape index (κ3) is 25.9. The van der Waals surface area contributed by atoms with Gasteiger partial charge in [-0.25, -0.2) is 4.98 Å². The van der Waals surface area contributed by atoms with Crippen LogP contribution in [0.15, 0.2) is 4.42 Å². The minimum Gasteiger partial charge on any atom is -0.465 e. The molecule has 11 heteroatoms. The number of hydrogen-bond donors (Lipinski definition) is 0. The van der Waals surface area contributed by atoms with Gasteiger partial charge in [0, 0.05) is 102 Å². The molecule has 107 heavy (non-hydrogen) atoms. The molecule has 0 aliphatic carbocycles. The first-order valence-electron chi connectivity index (χ1n) is 41.8. The summed E-state index contributed by atoms with van der Waals surface area (Å²) < 4.78 is 8.41. The Morgan fingerprint density at radius 1 is 0.355 bits per heavy atom. The molecule has 4 aromatic heterocycles. The standard InChI is InChI=1S/2C15H31N.C15H27N.C14H27NO.C14H24O.C12H21NS.C11H21N3/c3*1-10-11(2)16(15(7,8)9)12(3)13(10)14(4,5)6;1-9-11(13(3,4)5)10(2)15(12(9)16)14(6,7)8;1-9-11(13(3,4)5)10(2)15-12(9)14(6,7)8;1-8-9(11(2,3)4)13-10(14-8)12(5,6)7;1-8-9(10(2,3)4)13-14(12-8)11(5,6)7/h2*10-13H,1-9H3;1-9H3;9-11H,1-8H3;1-8H3;2*1-7H3. The summed E-state index contributed by atoms with van der Waals surface area (Å²) in [6, 6.07) is 3.09. The van der Waals surface area contributed by atoms with Gasteiger partial charge in [0.15, 0.2) is 0 Å². The summed E-state index contributed by atoms with van der Waals surface area (Å²) >= 11 is 1.84. The highest BCUT2D eigenvalue weighted by atomic mass is 32.1. The number of amides is 1. The fraction of sp³-hybridized carbons (Fsp3) is 0.854. The van der Waals surface area contributed by atoms with E-state index in [9.17, 15) is 4.79 Å². The molecule has 3 aliphatic heterocycles. The van der Waals surface area contributed by atoms with Crippen LogP contribution in [0.25, 0.3) is 0 Å². The van der Waals surface area contributed by atoms with E-state index < -0.39 is 0 Å². The lowest BCUT2D eigenvalue weighted by molar-refractivity contribution is -0.136. The molecule has 0 radical (unpaired) electrons. The summed E-state index contributed by atoms with van der Waals surface area (Å²) in [5.74, 6) is 6.27. The van der Waals surface area contributed by atoms with Gasteiger partial charge in [0.2, 0.25) is 5.91 Å². The number of carbonyl (C=O) groups is 1. The predicted molar refractivity (Wildman–Crippen MR) is 474 cm³/mol. The van der Waals surface area contributed by atoms with Crippen LogP contribution >= 0.6 is 11.3 Å². The first kappa shape index (κ1) is 102. The number of likely N-dealkylation sites (tertiary alicyclic amines) is 3. The molecule has 7 heterocycles. The fourth-order valence-electron chi connectivity index (χ4n) is 20.5. The summed E-state index contributed by atoms with van der Waals surface area (Å²) in [4.78, 5) is 27.8. The van der Waals surface area contributed by atoms with Crippen molar-refractivity contribution >= 4 is 17.2 Å². The molecule has 0 saturated carbocycles. The van der Waals surface area contributed by atoms with Gasteiger partial charge in [-0.15, -0.1) is 11.3 Å². The molecule has 1 amide bonds. The van der Waals surface area contributed by atoms with Crippen molar-refractivity contribution in [1.82, 2.24) is 39.2 Å². The summed E-state index contributed by atoms with van der Waals surface area (Å²) in [5.41, 5.74) is 14.5. The molecular formula is C96H182N8O2S. The number of nitrogens with zero attached hydrogens (tertiary/aromatic N) is 8. The molecule has 3 saturated heterocycles.